The van der Waals surface area contributed by atoms with E-state index in [1.807, 2.05) is 0 Å². The minimum Gasteiger partial charge on any atom is -0.494 e. The number of nitrogens with one attached hydrogen (secondary N) is 1. The SMILES string of the molecule is COc1cc(F)ccc1NC(=O)CCC(=O)c1ccc(OC)c(OC)c1. The van der Waals surface area contributed by atoms with Crippen molar-refractivity contribution in [3.05, 3.63) is 47.8 Å². The Morgan fingerprint density at radius 2 is 1.58 bits per heavy atom. The zero-order valence-electron chi connectivity index (χ0n) is 14.8. The molecule has 7 heteroatoms. The lowest BCUT2D eigenvalue weighted by atomic mass is 10.1. The van der Waals surface area contributed by atoms with Crippen molar-refractivity contribution in [2.24, 2.45) is 0 Å². The van der Waals surface area contributed by atoms with E-state index in [4.69, 9.17) is 14.2 Å². The van der Waals surface area contributed by atoms with Gasteiger partial charge < -0.3 is 19.5 Å². The van der Waals surface area contributed by atoms with Crippen molar-refractivity contribution in [1.82, 2.24) is 0 Å². The Bertz CT molecular complexity index is 807. The molecule has 6 nitrogen and oxygen atoms in total. The summed E-state index contributed by atoms with van der Waals surface area (Å²) in [4.78, 5) is 24.4. The Hall–Kier alpha value is -3.09. The van der Waals surface area contributed by atoms with Crippen LogP contribution in [0.15, 0.2) is 36.4 Å². The van der Waals surface area contributed by atoms with Gasteiger partial charge in [-0.2, -0.15) is 0 Å². The van der Waals surface area contributed by atoms with Crippen LogP contribution in [0.5, 0.6) is 17.2 Å². The Labute approximate surface area is 150 Å². The van der Waals surface area contributed by atoms with Crippen LogP contribution in [-0.2, 0) is 4.79 Å². The smallest absolute Gasteiger partial charge is 0.224 e. The van der Waals surface area contributed by atoms with E-state index in [0.717, 1.165) is 0 Å². The third-order valence-electron chi connectivity index (χ3n) is 3.72. The lowest BCUT2D eigenvalue weighted by Gasteiger charge is -2.11. The van der Waals surface area contributed by atoms with E-state index in [1.54, 1.807) is 18.2 Å². The van der Waals surface area contributed by atoms with Crippen LogP contribution >= 0.6 is 0 Å². The van der Waals surface area contributed by atoms with Crippen LogP contribution in [0.3, 0.4) is 0 Å². The standard InChI is InChI=1S/C19H20FNO5/c1-24-16-8-4-12(10-18(16)26-3)15(22)7-9-19(23)21-14-6-5-13(20)11-17(14)25-2/h4-6,8,10-11H,7,9H2,1-3H3,(H,21,23). The maximum absolute atomic E-state index is 13.2. The molecule has 0 spiro atoms. The van der Waals surface area contributed by atoms with Crippen molar-refractivity contribution in [2.45, 2.75) is 12.8 Å². The third kappa shape index (κ3) is 4.72. The van der Waals surface area contributed by atoms with Crippen LogP contribution in [-0.4, -0.2) is 33.0 Å². The third-order valence-corrected chi connectivity index (χ3v) is 3.72. The fourth-order valence-electron chi connectivity index (χ4n) is 2.36. The first kappa shape index (κ1) is 19.2. The van der Waals surface area contributed by atoms with Gasteiger partial charge >= 0.3 is 0 Å². The number of hydrogen-bond donors (Lipinski definition) is 1. The van der Waals surface area contributed by atoms with Crippen LogP contribution < -0.4 is 19.5 Å². The van der Waals surface area contributed by atoms with Crippen LogP contribution in [0.25, 0.3) is 0 Å². The van der Waals surface area contributed by atoms with Crippen LogP contribution in [0.2, 0.25) is 0 Å². The first-order chi connectivity index (χ1) is 12.5. The molecule has 0 heterocycles. The Kier molecular flexibility index (Phi) is 6.54. The van der Waals surface area contributed by atoms with Crippen molar-refractivity contribution >= 4 is 17.4 Å². The van der Waals surface area contributed by atoms with Gasteiger partial charge in [0, 0.05) is 24.5 Å². The van der Waals surface area contributed by atoms with Crippen molar-refractivity contribution in [3.8, 4) is 17.2 Å². The van der Waals surface area contributed by atoms with Gasteiger partial charge in [0.2, 0.25) is 5.91 Å². The maximum atomic E-state index is 13.2. The normalized spacial score (nSPS) is 10.2. The summed E-state index contributed by atoms with van der Waals surface area (Å²) in [6.45, 7) is 0. The first-order valence-electron chi connectivity index (χ1n) is 7.87. The number of rotatable bonds is 8. The topological polar surface area (TPSA) is 73.9 Å². The molecule has 1 N–H and O–H groups in total. The molecule has 0 unspecified atom stereocenters. The van der Waals surface area contributed by atoms with Crippen molar-refractivity contribution in [1.29, 1.82) is 0 Å². The van der Waals surface area contributed by atoms with Gasteiger partial charge in [-0.05, 0) is 30.3 Å². The van der Waals surface area contributed by atoms with E-state index in [0.29, 0.717) is 22.7 Å². The van der Waals surface area contributed by atoms with Gasteiger partial charge in [-0.3, -0.25) is 9.59 Å². The fraction of sp³-hybridized carbons (Fsp3) is 0.263. The summed E-state index contributed by atoms with van der Waals surface area (Å²) in [6.07, 6.45) is -0.00145. The minimum absolute atomic E-state index is 0.0187. The average Bonchev–Trinajstić information content (AvgIpc) is 2.66. The summed E-state index contributed by atoms with van der Waals surface area (Å²) in [7, 11) is 4.37. The van der Waals surface area contributed by atoms with Gasteiger partial charge in [-0.25, -0.2) is 4.39 Å². The summed E-state index contributed by atoms with van der Waals surface area (Å²) in [5, 5.41) is 2.61. The number of hydrogen-bond acceptors (Lipinski definition) is 5. The fourth-order valence-corrected chi connectivity index (χ4v) is 2.36. The molecule has 0 aromatic heterocycles. The highest BCUT2D eigenvalue weighted by Crippen LogP contribution is 2.28. The van der Waals surface area contributed by atoms with Crippen LogP contribution in [0.4, 0.5) is 10.1 Å². The predicted octanol–water partition coefficient (Wildman–Crippen LogP) is 3.45. The molecule has 0 aliphatic heterocycles. The Morgan fingerprint density at radius 1 is 0.885 bits per heavy atom. The highest BCUT2D eigenvalue weighted by Gasteiger charge is 2.14. The van der Waals surface area contributed by atoms with Gasteiger partial charge in [0.25, 0.3) is 0 Å². The molecule has 0 atom stereocenters. The zero-order valence-corrected chi connectivity index (χ0v) is 14.8. The second-order valence-electron chi connectivity index (χ2n) is 5.39. The van der Waals surface area contributed by atoms with E-state index in [2.05, 4.69) is 5.32 Å². The summed E-state index contributed by atoms with van der Waals surface area (Å²) < 4.78 is 28.5. The molecule has 26 heavy (non-hydrogen) atoms. The molecular formula is C19H20FNO5. The first-order valence-corrected chi connectivity index (χ1v) is 7.87. The van der Waals surface area contributed by atoms with Crippen molar-refractivity contribution < 1.29 is 28.2 Å². The molecule has 0 saturated heterocycles. The van der Waals surface area contributed by atoms with Gasteiger partial charge in [0.15, 0.2) is 17.3 Å². The summed E-state index contributed by atoms with van der Waals surface area (Å²) >= 11 is 0. The molecule has 0 radical (unpaired) electrons. The molecule has 2 aromatic carbocycles. The minimum atomic E-state index is -0.469. The van der Waals surface area contributed by atoms with E-state index in [9.17, 15) is 14.0 Å². The molecule has 0 saturated carbocycles. The van der Waals surface area contributed by atoms with E-state index >= 15 is 0 Å². The van der Waals surface area contributed by atoms with Crippen molar-refractivity contribution in [2.75, 3.05) is 26.6 Å². The quantitative estimate of drug-likeness (QED) is 0.729. The summed E-state index contributed by atoms with van der Waals surface area (Å²) in [5.41, 5.74) is 0.771. The average molecular weight is 361 g/mol. The van der Waals surface area contributed by atoms with Gasteiger partial charge in [-0.15, -0.1) is 0 Å². The molecule has 0 bridgehead atoms. The van der Waals surface area contributed by atoms with E-state index in [1.165, 1.54) is 39.5 Å². The van der Waals surface area contributed by atoms with Gasteiger partial charge in [-0.1, -0.05) is 0 Å². The number of halogens is 1. The Balaban J connectivity index is 1.98. The number of carbonyl (C=O) groups is 2. The van der Waals surface area contributed by atoms with Gasteiger partial charge in [0.1, 0.15) is 11.6 Å². The molecule has 0 aliphatic carbocycles. The molecular weight excluding hydrogens is 341 g/mol. The molecule has 138 valence electrons. The number of ketones is 1. The van der Waals surface area contributed by atoms with Crippen LogP contribution in [0.1, 0.15) is 23.2 Å². The number of benzene rings is 2. The second kappa shape index (κ2) is 8.84. The van der Waals surface area contributed by atoms with Crippen LogP contribution in [0, 0.1) is 5.82 Å². The van der Waals surface area contributed by atoms with E-state index < -0.39 is 5.82 Å². The Morgan fingerprint density at radius 3 is 2.23 bits per heavy atom. The largest absolute Gasteiger partial charge is 0.494 e. The lowest BCUT2D eigenvalue weighted by molar-refractivity contribution is -0.116. The van der Waals surface area contributed by atoms with Crippen molar-refractivity contribution in [3.63, 3.8) is 0 Å². The van der Waals surface area contributed by atoms with Gasteiger partial charge in [0.05, 0.1) is 27.0 Å². The summed E-state index contributed by atoms with van der Waals surface area (Å²) in [6, 6.07) is 8.61. The number of Topliss-reactive ketones (excluding diaryl/α,β-unsaturated/α-hetero) is 1. The molecule has 1 amide bonds. The molecule has 0 fully saturated rings. The zero-order chi connectivity index (χ0) is 19.1. The molecule has 2 rings (SSSR count). The number of amides is 1. The number of methoxy groups -OCH3 is 3. The van der Waals surface area contributed by atoms with E-state index in [-0.39, 0.29) is 30.3 Å². The lowest BCUT2D eigenvalue weighted by Crippen LogP contribution is -2.14. The summed E-state index contributed by atoms with van der Waals surface area (Å²) in [5.74, 6) is 0.132. The monoisotopic (exact) mass is 361 g/mol. The second-order valence-corrected chi connectivity index (χ2v) is 5.39. The molecule has 2 aromatic rings. The number of anilines is 1. The highest BCUT2D eigenvalue weighted by molar-refractivity contribution is 6.00. The molecule has 0 aliphatic rings. The number of carbonyl (C=O) groups excluding carboxylic acids is 2. The highest BCUT2D eigenvalue weighted by atomic mass is 19.1. The maximum Gasteiger partial charge on any atom is 0.224 e. The predicted molar refractivity (Wildman–Crippen MR) is 94.7 cm³/mol. The number of ether oxygens (including phenoxy) is 3.